The molecule has 0 atom stereocenters. The van der Waals surface area contributed by atoms with E-state index >= 15 is 0 Å². The molecule has 1 N–H and O–H groups in total. The molecule has 0 aliphatic carbocycles. The number of carbonyl (C=O) groups is 2. The van der Waals surface area contributed by atoms with Crippen LogP contribution >= 0.6 is 0 Å². The van der Waals surface area contributed by atoms with E-state index in [-0.39, 0.29) is 24.0 Å². The lowest BCUT2D eigenvalue weighted by atomic mass is 10.1. The summed E-state index contributed by atoms with van der Waals surface area (Å²) in [4.78, 5) is 28.7. The molecule has 4 rings (SSSR count). The maximum absolute atomic E-state index is 14.1. The number of nitrogens with zero attached hydrogens (tertiary/aromatic N) is 2. The Labute approximate surface area is 190 Å². The highest BCUT2D eigenvalue weighted by Gasteiger charge is 2.27. The maximum Gasteiger partial charge on any atom is 0.324 e. The molecule has 3 amide bonds. The second-order valence-electron chi connectivity index (χ2n) is 7.68. The van der Waals surface area contributed by atoms with Crippen molar-refractivity contribution in [3.8, 4) is 5.75 Å². The molecule has 0 bridgehead atoms. The van der Waals surface area contributed by atoms with Gasteiger partial charge in [-0.05, 0) is 67.1 Å². The van der Waals surface area contributed by atoms with Crippen molar-refractivity contribution in [1.82, 2.24) is 4.90 Å². The largest absolute Gasteiger partial charge is 0.497 e. The van der Waals surface area contributed by atoms with Crippen LogP contribution in [0, 0.1) is 11.6 Å². The minimum Gasteiger partial charge on any atom is -0.497 e. The fraction of sp³-hybridized carbons (Fsp3) is 0.200. The highest BCUT2D eigenvalue weighted by Crippen LogP contribution is 2.25. The number of carbonyl (C=O) groups excluding carboxylic acids is 2. The van der Waals surface area contributed by atoms with Gasteiger partial charge in [0.15, 0.2) is 0 Å². The number of urea groups is 1. The van der Waals surface area contributed by atoms with Crippen LogP contribution in [0.15, 0.2) is 66.7 Å². The second kappa shape index (κ2) is 9.68. The van der Waals surface area contributed by atoms with Crippen molar-refractivity contribution >= 4 is 23.3 Å². The molecule has 3 aromatic carbocycles. The first-order valence-electron chi connectivity index (χ1n) is 10.5. The van der Waals surface area contributed by atoms with E-state index in [1.165, 1.54) is 4.90 Å². The van der Waals surface area contributed by atoms with E-state index in [0.29, 0.717) is 42.2 Å². The van der Waals surface area contributed by atoms with Gasteiger partial charge in [-0.3, -0.25) is 9.69 Å². The van der Waals surface area contributed by atoms with Gasteiger partial charge < -0.3 is 15.0 Å². The lowest BCUT2D eigenvalue weighted by Crippen LogP contribution is -2.49. The van der Waals surface area contributed by atoms with Crippen LogP contribution < -0.4 is 15.0 Å². The molecular formula is C25H23F2N3O3. The first-order chi connectivity index (χ1) is 15.9. The van der Waals surface area contributed by atoms with Crippen molar-refractivity contribution in [2.75, 3.05) is 30.4 Å². The third-order valence-corrected chi connectivity index (χ3v) is 5.45. The van der Waals surface area contributed by atoms with E-state index in [2.05, 4.69) is 5.32 Å². The minimum atomic E-state index is -0.551. The van der Waals surface area contributed by atoms with Gasteiger partial charge in [-0.15, -0.1) is 0 Å². The van der Waals surface area contributed by atoms with E-state index < -0.39 is 11.6 Å². The number of methoxy groups -OCH3 is 1. The molecule has 6 nitrogen and oxygen atoms in total. The summed E-state index contributed by atoms with van der Waals surface area (Å²) in [5.41, 5.74) is 1.75. The van der Waals surface area contributed by atoms with Crippen molar-refractivity contribution in [2.24, 2.45) is 0 Å². The highest BCUT2D eigenvalue weighted by molar-refractivity contribution is 6.04. The predicted molar refractivity (Wildman–Crippen MR) is 122 cm³/mol. The van der Waals surface area contributed by atoms with Crippen LogP contribution in [-0.4, -0.2) is 37.0 Å². The summed E-state index contributed by atoms with van der Waals surface area (Å²) in [6.07, 6.45) is 0.672. The number of halogens is 2. The van der Waals surface area contributed by atoms with Crippen LogP contribution in [0.25, 0.3) is 0 Å². The standard InChI is InChI=1S/C25H23F2N3O3/c1-33-22-9-6-17(7-10-22)24(31)28-20-4-2-5-21(15-20)30-13-3-12-29(25(30)32)16-18-14-19(26)8-11-23(18)27/h2,4-11,14-15H,3,12-13,16H2,1H3,(H,28,31). The summed E-state index contributed by atoms with van der Waals surface area (Å²) < 4.78 is 32.7. The summed E-state index contributed by atoms with van der Waals surface area (Å²) in [5.74, 6) is -0.736. The number of anilines is 2. The Morgan fingerprint density at radius 2 is 1.82 bits per heavy atom. The molecule has 1 heterocycles. The van der Waals surface area contributed by atoms with Crippen molar-refractivity contribution in [2.45, 2.75) is 13.0 Å². The third kappa shape index (κ3) is 5.11. The summed E-state index contributed by atoms with van der Waals surface area (Å²) in [6.45, 7) is 0.906. The number of nitrogens with one attached hydrogen (secondary N) is 1. The van der Waals surface area contributed by atoms with Gasteiger partial charge in [-0.2, -0.15) is 0 Å². The number of hydrogen-bond acceptors (Lipinski definition) is 3. The Morgan fingerprint density at radius 3 is 2.58 bits per heavy atom. The molecule has 3 aromatic rings. The number of benzene rings is 3. The van der Waals surface area contributed by atoms with Gasteiger partial charge >= 0.3 is 6.03 Å². The molecule has 170 valence electrons. The van der Waals surface area contributed by atoms with Crippen molar-refractivity contribution in [3.05, 3.63) is 89.5 Å². The Kier molecular flexibility index (Phi) is 6.53. The van der Waals surface area contributed by atoms with Crippen LogP contribution in [0.1, 0.15) is 22.3 Å². The average Bonchev–Trinajstić information content (AvgIpc) is 2.83. The Morgan fingerprint density at radius 1 is 1.03 bits per heavy atom. The predicted octanol–water partition coefficient (Wildman–Crippen LogP) is 5.06. The summed E-state index contributed by atoms with van der Waals surface area (Å²) in [5, 5.41) is 2.83. The molecule has 0 aromatic heterocycles. The first kappa shape index (κ1) is 22.3. The molecule has 0 spiro atoms. The lowest BCUT2D eigenvalue weighted by molar-refractivity contribution is 0.102. The van der Waals surface area contributed by atoms with E-state index in [4.69, 9.17) is 4.74 Å². The SMILES string of the molecule is COc1ccc(C(=O)Nc2cccc(N3CCCN(Cc4cc(F)ccc4F)C3=O)c2)cc1. The Hall–Kier alpha value is -3.94. The third-order valence-electron chi connectivity index (χ3n) is 5.45. The summed E-state index contributed by atoms with van der Waals surface area (Å²) >= 11 is 0. The molecule has 0 unspecified atom stereocenters. The molecule has 8 heteroatoms. The number of hydrogen-bond donors (Lipinski definition) is 1. The van der Waals surface area contributed by atoms with E-state index in [9.17, 15) is 18.4 Å². The Bertz CT molecular complexity index is 1170. The van der Waals surface area contributed by atoms with Crippen molar-refractivity contribution in [1.29, 1.82) is 0 Å². The molecule has 1 fully saturated rings. The minimum absolute atomic E-state index is 0.0210. The van der Waals surface area contributed by atoms with Crippen LogP contribution in [0.3, 0.4) is 0 Å². The molecule has 1 aliphatic heterocycles. The molecule has 0 radical (unpaired) electrons. The van der Waals surface area contributed by atoms with Gasteiger partial charge in [0.1, 0.15) is 17.4 Å². The summed E-state index contributed by atoms with van der Waals surface area (Å²) in [7, 11) is 1.55. The Balaban J connectivity index is 1.48. The van der Waals surface area contributed by atoms with Gasteiger partial charge in [0, 0.05) is 35.6 Å². The van der Waals surface area contributed by atoms with Gasteiger partial charge in [-0.1, -0.05) is 6.07 Å². The van der Waals surface area contributed by atoms with Crippen LogP contribution in [0.5, 0.6) is 5.75 Å². The molecule has 1 saturated heterocycles. The zero-order valence-electron chi connectivity index (χ0n) is 18.1. The van der Waals surface area contributed by atoms with E-state index in [1.807, 2.05) is 0 Å². The van der Waals surface area contributed by atoms with E-state index in [0.717, 1.165) is 18.2 Å². The monoisotopic (exact) mass is 451 g/mol. The maximum atomic E-state index is 14.1. The van der Waals surface area contributed by atoms with Crippen molar-refractivity contribution < 1.29 is 23.1 Å². The lowest BCUT2D eigenvalue weighted by Gasteiger charge is -2.36. The van der Waals surface area contributed by atoms with Crippen LogP contribution in [-0.2, 0) is 6.54 Å². The first-order valence-corrected chi connectivity index (χ1v) is 10.5. The number of rotatable bonds is 6. The van der Waals surface area contributed by atoms with Crippen LogP contribution in [0.4, 0.5) is 25.0 Å². The molecule has 33 heavy (non-hydrogen) atoms. The fourth-order valence-corrected chi connectivity index (χ4v) is 3.74. The number of amides is 3. The van der Waals surface area contributed by atoms with Crippen molar-refractivity contribution in [3.63, 3.8) is 0 Å². The average molecular weight is 451 g/mol. The molecular weight excluding hydrogens is 428 g/mol. The van der Waals surface area contributed by atoms with Gasteiger partial charge in [0.25, 0.3) is 5.91 Å². The molecule has 0 saturated carbocycles. The quantitative estimate of drug-likeness (QED) is 0.570. The van der Waals surface area contributed by atoms with Gasteiger partial charge in [0.05, 0.1) is 13.7 Å². The van der Waals surface area contributed by atoms with Crippen LogP contribution in [0.2, 0.25) is 0 Å². The van der Waals surface area contributed by atoms with E-state index in [1.54, 1.807) is 60.5 Å². The highest BCUT2D eigenvalue weighted by atomic mass is 19.1. The fourth-order valence-electron chi connectivity index (χ4n) is 3.74. The smallest absolute Gasteiger partial charge is 0.324 e. The van der Waals surface area contributed by atoms with Gasteiger partial charge in [0.2, 0.25) is 0 Å². The normalized spacial score (nSPS) is 13.7. The number of ether oxygens (including phenoxy) is 1. The molecule has 1 aliphatic rings. The van der Waals surface area contributed by atoms with Gasteiger partial charge in [-0.25, -0.2) is 13.6 Å². The topological polar surface area (TPSA) is 61.9 Å². The zero-order valence-corrected chi connectivity index (χ0v) is 18.1. The summed E-state index contributed by atoms with van der Waals surface area (Å²) in [6, 6.07) is 16.6. The second-order valence-corrected chi connectivity index (χ2v) is 7.68. The zero-order chi connectivity index (χ0) is 23.4.